The van der Waals surface area contributed by atoms with Crippen LogP contribution in [-0.4, -0.2) is 55.7 Å². The molecule has 1 aromatic rings. The minimum absolute atomic E-state index is 0.0273. The number of hydrogen-bond acceptors (Lipinski definition) is 6. The topological polar surface area (TPSA) is 93.5 Å². The number of fused-ring (bicyclic) bond motifs is 1. The lowest BCUT2D eigenvalue weighted by molar-refractivity contribution is -0.155. The largest absolute Gasteiger partial charge is 0.454 e. The van der Waals surface area contributed by atoms with Crippen molar-refractivity contribution in [2.24, 2.45) is 7.05 Å². The van der Waals surface area contributed by atoms with E-state index < -0.39 is 17.9 Å². The number of carbonyl (C=O) groups excluding carboxylic acids is 3. The molecule has 0 aromatic carbocycles. The minimum Gasteiger partial charge on any atom is -0.454 e. The van der Waals surface area contributed by atoms with E-state index in [2.05, 4.69) is 10.4 Å². The van der Waals surface area contributed by atoms with E-state index in [1.54, 1.807) is 35.3 Å². The van der Waals surface area contributed by atoms with Crippen LogP contribution in [0, 0.1) is 13.8 Å². The van der Waals surface area contributed by atoms with Gasteiger partial charge in [0.05, 0.1) is 21.9 Å². The smallest absolute Gasteiger partial charge is 0.330 e. The molecule has 0 radical (unpaired) electrons. The molecule has 9 heteroatoms. The van der Waals surface area contributed by atoms with Gasteiger partial charge < -0.3 is 15.0 Å². The number of amides is 2. The Bertz CT molecular complexity index is 747. The van der Waals surface area contributed by atoms with Crippen molar-refractivity contribution in [3.05, 3.63) is 11.4 Å². The van der Waals surface area contributed by atoms with Gasteiger partial charge in [-0.05, 0) is 27.2 Å². The van der Waals surface area contributed by atoms with Crippen LogP contribution >= 0.6 is 11.8 Å². The molecule has 0 saturated carbocycles. The summed E-state index contributed by atoms with van der Waals surface area (Å²) in [6.07, 6.45) is 1.19. The molecule has 1 aromatic heterocycles. The van der Waals surface area contributed by atoms with Gasteiger partial charge in [-0.15, -0.1) is 11.8 Å². The molecule has 3 rings (SSSR count). The van der Waals surface area contributed by atoms with Crippen molar-refractivity contribution in [2.75, 3.05) is 17.7 Å². The average molecular weight is 366 g/mol. The van der Waals surface area contributed by atoms with Crippen molar-refractivity contribution in [3.8, 4) is 0 Å². The quantitative estimate of drug-likeness (QED) is 0.798. The number of carbonyl (C=O) groups is 3. The van der Waals surface area contributed by atoms with E-state index in [-0.39, 0.29) is 17.4 Å². The van der Waals surface area contributed by atoms with E-state index in [4.69, 9.17) is 4.74 Å². The fourth-order valence-electron chi connectivity index (χ4n) is 3.36. The molecule has 136 valence electrons. The number of aromatic nitrogens is 2. The second kappa shape index (κ2) is 6.36. The molecule has 2 aliphatic heterocycles. The second-order valence-corrected chi connectivity index (χ2v) is 8.09. The third-order valence-electron chi connectivity index (χ3n) is 4.84. The van der Waals surface area contributed by atoms with Crippen molar-refractivity contribution in [3.63, 3.8) is 0 Å². The lowest BCUT2D eigenvalue weighted by Crippen LogP contribution is -2.47. The Labute approximate surface area is 150 Å². The highest BCUT2D eigenvalue weighted by Crippen LogP contribution is 2.47. The van der Waals surface area contributed by atoms with Gasteiger partial charge in [-0.1, -0.05) is 0 Å². The number of hydrogen-bond donors (Lipinski definition) is 1. The number of esters is 1. The lowest BCUT2D eigenvalue weighted by Gasteiger charge is -2.29. The second-order valence-electron chi connectivity index (χ2n) is 6.59. The molecule has 25 heavy (non-hydrogen) atoms. The van der Waals surface area contributed by atoms with Crippen LogP contribution in [0.3, 0.4) is 0 Å². The van der Waals surface area contributed by atoms with E-state index in [1.165, 1.54) is 0 Å². The number of nitrogens with one attached hydrogen (secondary N) is 1. The maximum atomic E-state index is 12.3. The van der Waals surface area contributed by atoms with Crippen molar-refractivity contribution in [1.82, 2.24) is 14.7 Å². The number of aryl methyl sites for hydroxylation is 2. The summed E-state index contributed by atoms with van der Waals surface area (Å²) < 4.78 is 6.84. The summed E-state index contributed by atoms with van der Waals surface area (Å²) in [7, 11) is 1.79. The Hall–Kier alpha value is -2.03. The minimum atomic E-state index is -0.611. The number of nitrogens with zero attached hydrogens (tertiary/aromatic N) is 3. The molecule has 2 amide bonds. The zero-order chi connectivity index (χ0) is 18.4. The number of ether oxygens (including phenoxy) is 1. The van der Waals surface area contributed by atoms with Crippen molar-refractivity contribution in [1.29, 1.82) is 0 Å². The molecule has 3 heterocycles. The standard InChI is InChI=1S/C16H22N4O4S/c1-9-14(10(2)19(4)18-9)17-12(21)7-24-15(23)11-8-25-16(3)6-5-13(22)20(11)16/h11H,5-8H2,1-4H3,(H,17,21)/t11-,16-/m0/s1. The van der Waals surface area contributed by atoms with E-state index in [9.17, 15) is 14.4 Å². The van der Waals surface area contributed by atoms with Crippen LogP contribution in [0.15, 0.2) is 0 Å². The van der Waals surface area contributed by atoms with Gasteiger partial charge in [0.2, 0.25) is 5.91 Å². The van der Waals surface area contributed by atoms with E-state index in [1.807, 2.05) is 13.8 Å². The predicted molar refractivity (Wildman–Crippen MR) is 93.0 cm³/mol. The Morgan fingerprint density at radius 2 is 2.16 bits per heavy atom. The molecule has 2 saturated heterocycles. The summed E-state index contributed by atoms with van der Waals surface area (Å²) in [5.74, 6) is -0.473. The maximum absolute atomic E-state index is 12.3. The first-order chi connectivity index (χ1) is 11.7. The molecular formula is C16H22N4O4S. The first-order valence-electron chi connectivity index (χ1n) is 8.16. The molecule has 2 fully saturated rings. The van der Waals surface area contributed by atoms with Gasteiger partial charge in [0.25, 0.3) is 5.91 Å². The fourth-order valence-corrected chi connectivity index (χ4v) is 4.77. The highest BCUT2D eigenvalue weighted by molar-refractivity contribution is 8.01. The van der Waals surface area contributed by atoms with Gasteiger partial charge in [-0.25, -0.2) is 4.79 Å². The fraction of sp³-hybridized carbons (Fsp3) is 0.625. The molecule has 0 aliphatic carbocycles. The van der Waals surface area contributed by atoms with Crippen molar-refractivity contribution < 1.29 is 19.1 Å². The Morgan fingerprint density at radius 1 is 1.44 bits per heavy atom. The van der Waals surface area contributed by atoms with Crippen LogP contribution in [0.1, 0.15) is 31.2 Å². The molecule has 8 nitrogen and oxygen atoms in total. The summed E-state index contributed by atoms with van der Waals surface area (Å²) in [6, 6.07) is -0.611. The highest BCUT2D eigenvalue weighted by atomic mass is 32.2. The molecule has 2 atom stereocenters. The molecule has 1 N–H and O–H groups in total. The van der Waals surface area contributed by atoms with Gasteiger partial charge in [0, 0.05) is 19.2 Å². The zero-order valence-electron chi connectivity index (χ0n) is 14.8. The SMILES string of the molecule is Cc1nn(C)c(C)c1NC(=O)COC(=O)[C@@H]1CS[C@@]2(C)CCC(=O)N12. The van der Waals surface area contributed by atoms with E-state index in [0.717, 1.165) is 12.1 Å². The third kappa shape index (κ3) is 3.12. The summed E-state index contributed by atoms with van der Waals surface area (Å²) in [5, 5.41) is 6.94. The lowest BCUT2D eigenvalue weighted by atomic mass is 10.2. The number of thioether (sulfide) groups is 1. The van der Waals surface area contributed by atoms with Crippen LogP contribution in [0.4, 0.5) is 5.69 Å². The van der Waals surface area contributed by atoms with Gasteiger partial charge in [0.1, 0.15) is 6.04 Å². The summed E-state index contributed by atoms with van der Waals surface area (Å²) in [4.78, 5) is 37.8. The van der Waals surface area contributed by atoms with Crippen molar-refractivity contribution in [2.45, 2.75) is 44.5 Å². The van der Waals surface area contributed by atoms with Gasteiger partial charge in [0.15, 0.2) is 6.61 Å². The molecule has 2 aliphatic rings. The monoisotopic (exact) mass is 366 g/mol. The Morgan fingerprint density at radius 3 is 2.80 bits per heavy atom. The van der Waals surface area contributed by atoms with E-state index in [0.29, 0.717) is 23.6 Å². The van der Waals surface area contributed by atoms with Gasteiger partial charge >= 0.3 is 5.97 Å². The van der Waals surface area contributed by atoms with Crippen molar-refractivity contribution >= 4 is 35.2 Å². The molecule has 0 spiro atoms. The molecular weight excluding hydrogens is 344 g/mol. The van der Waals surface area contributed by atoms with Crippen LogP contribution in [0.25, 0.3) is 0 Å². The normalized spacial score (nSPS) is 25.2. The number of rotatable bonds is 4. The molecule has 0 unspecified atom stereocenters. The van der Waals surface area contributed by atoms with Crippen LogP contribution in [0.2, 0.25) is 0 Å². The number of anilines is 1. The first-order valence-corrected chi connectivity index (χ1v) is 9.14. The zero-order valence-corrected chi connectivity index (χ0v) is 15.6. The predicted octanol–water partition coefficient (Wildman–Crippen LogP) is 0.973. The van der Waals surface area contributed by atoms with Crippen LogP contribution < -0.4 is 5.32 Å². The summed E-state index contributed by atoms with van der Waals surface area (Å²) in [6.45, 7) is 5.23. The van der Waals surface area contributed by atoms with Gasteiger partial charge in [-0.3, -0.25) is 14.3 Å². The summed E-state index contributed by atoms with van der Waals surface area (Å²) >= 11 is 1.59. The Balaban J connectivity index is 1.57. The van der Waals surface area contributed by atoms with Crippen LogP contribution in [-0.2, 0) is 26.2 Å². The first kappa shape index (κ1) is 17.8. The molecule has 0 bridgehead atoms. The highest BCUT2D eigenvalue weighted by Gasteiger charge is 2.53. The Kier molecular flexibility index (Phi) is 4.52. The summed E-state index contributed by atoms with van der Waals surface area (Å²) in [5.41, 5.74) is 2.15. The maximum Gasteiger partial charge on any atom is 0.330 e. The van der Waals surface area contributed by atoms with Crippen LogP contribution in [0.5, 0.6) is 0 Å². The third-order valence-corrected chi connectivity index (χ3v) is 6.34. The average Bonchev–Trinajstić information content (AvgIpc) is 3.13. The van der Waals surface area contributed by atoms with E-state index >= 15 is 0 Å². The van der Waals surface area contributed by atoms with Gasteiger partial charge in [-0.2, -0.15) is 5.10 Å².